The van der Waals surface area contributed by atoms with Crippen LogP contribution in [0.2, 0.25) is 0 Å². The van der Waals surface area contributed by atoms with Gasteiger partial charge >= 0.3 is 0 Å². The number of fused-ring (bicyclic) bond motifs is 1. The van der Waals surface area contributed by atoms with Gasteiger partial charge < -0.3 is 15.7 Å². The summed E-state index contributed by atoms with van der Waals surface area (Å²) in [5.74, 6) is 1.17. The van der Waals surface area contributed by atoms with Gasteiger partial charge in [0.2, 0.25) is 0 Å². The van der Waals surface area contributed by atoms with Crippen molar-refractivity contribution < 1.29 is 9.50 Å². The highest BCUT2D eigenvalue weighted by Crippen LogP contribution is 2.16. The summed E-state index contributed by atoms with van der Waals surface area (Å²) in [5, 5.41) is 19.9. The van der Waals surface area contributed by atoms with E-state index in [0.717, 1.165) is 31.0 Å². The molecule has 0 aliphatic carbocycles. The number of aliphatic hydroxyl groups is 1. The van der Waals surface area contributed by atoms with Crippen LogP contribution in [-0.4, -0.2) is 28.0 Å². The Hall–Kier alpha value is -1.92. The number of hydrogen-bond donors (Lipinski definition) is 3. The van der Waals surface area contributed by atoms with E-state index in [1.54, 1.807) is 12.3 Å². The van der Waals surface area contributed by atoms with Crippen LogP contribution in [0.15, 0.2) is 30.5 Å². The van der Waals surface area contributed by atoms with Gasteiger partial charge in [-0.15, -0.1) is 0 Å². The fraction of sp³-hybridized carbons (Fsp3) is 0.400. The number of benzene rings is 1. The highest BCUT2D eigenvalue weighted by atomic mass is 19.1. The van der Waals surface area contributed by atoms with E-state index in [-0.39, 0.29) is 12.4 Å². The molecule has 1 aliphatic heterocycles. The zero-order chi connectivity index (χ0) is 14.7. The number of nitrogens with one attached hydrogen (secondary N) is 2. The normalized spacial score (nSPS) is 17.3. The van der Waals surface area contributed by atoms with Crippen LogP contribution in [-0.2, 0) is 19.7 Å². The van der Waals surface area contributed by atoms with Crippen molar-refractivity contribution in [3.63, 3.8) is 0 Å². The molecule has 0 fully saturated rings. The van der Waals surface area contributed by atoms with E-state index in [1.807, 2.05) is 16.8 Å². The van der Waals surface area contributed by atoms with Crippen LogP contribution in [0, 0.1) is 11.7 Å². The molecule has 3 N–H and O–H groups in total. The molecular weight excluding hydrogens is 271 g/mol. The first-order valence-electron chi connectivity index (χ1n) is 7.11. The van der Waals surface area contributed by atoms with Crippen molar-refractivity contribution >= 4 is 5.82 Å². The summed E-state index contributed by atoms with van der Waals surface area (Å²) in [6, 6.07) is 6.91. The molecule has 112 valence electrons. The smallest absolute Gasteiger partial charge is 0.129 e. The van der Waals surface area contributed by atoms with Gasteiger partial charge in [-0.1, -0.05) is 12.1 Å². The van der Waals surface area contributed by atoms with E-state index < -0.39 is 0 Å². The lowest BCUT2D eigenvalue weighted by Gasteiger charge is -2.25. The molecule has 21 heavy (non-hydrogen) atoms. The molecule has 1 aromatic heterocycles. The Kier molecular flexibility index (Phi) is 4.17. The Morgan fingerprint density at radius 1 is 1.43 bits per heavy atom. The summed E-state index contributed by atoms with van der Waals surface area (Å²) in [7, 11) is 0. The third-order valence-electron chi connectivity index (χ3n) is 3.77. The first-order chi connectivity index (χ1) is 10.3. The standard InChI is InChI=1S/C15H19FN4O/c16-14-5-11(1-2-13(14)10-21)6-17-7-12-8-18-15-3-4-19-20(15)9-12/h1-5,12,17-18,21H,6-10H2. The number of hydrogen-bond acceptors (Lipinski definition) is 4. The number of aliphatic hydroxyl groups excluding tert-OH is 1. The third kappa shape index (κ3) is 3.22. The monoisotopic (exact) mass is 290 g/mol. The minimum atomic E-state index is -0.350. The van der Waals surface area contributed by atoms with E-state index in [4.69, 9.17) is 5.11 Å². The molecule has 2 aromatic rings. The van der Waals surface area contributed by atoms with Gasteiger partial charge in [0.25, 0.3) is 0 Å². The van der Waals surface area contributed by atoms with Crippen LogP contribution in [0.1, 0.15) is 11.1 Å². The zero-order valence-electron chi connectivity index (χ0n) is 11.7. The second-order valence-electron chi connectivity index (χ2n) is 5.36. The quantitative estimate of drug-likeness (QED) is 0.778. The topological polar surface area (TPSA) is 62.1 Å². The predicted octanol–water partition coefficient (Wildman–Crippen LogP) is 1.35. The number of halogens is 1. The number of anilines is 1. The molecule has 3 rings (SSSR count). The largest absolute Gasteiger partial charge is 0.392 e. The van der Waals surface area contributed by atoms with Crippen LogP contribution in [0.4, 0.5) is 10.2 Å². The van der Waals surface area contributed by atoms with E-state index in [0.29, 0.717) is 18.0 Å². The summed E-state index contributed by atoms with van der Waals surface area (Å²) in [6.07, 6.45) is 1.80. The molecule has 0 spiro atoms. The van der Waals surface area contributed by atoms with Crippen molar-refractivity contribution in [3.8, 4) is 0 Å². The minimum absolute atomic E-state index is 0.264. The number of aromatic nitrogens is 2. The van der Waals surface area contributed by atoms with Crippen molar-refractivity contribution in [2.45, 2.75) is 19.7 Å². The van der Waals surface area contributed by atoms with Gasteiger partial charge in [0.15, 0.2) is 0 Å². The maximum atomic E-state index is 13.6. The summed E-state index contributed by atoms with van der Waals surface area (Å²) in [6.45, 7) is 3.00. The fourth-order valence-electron chi connectivity index (χ4n) is 2.57. The molecule has 5 nitrogen and oxygen atoms in total. The number of nitrogens with zero attached hydrogens (tertiary/aromatic N) is 2. The van der Waals surface area contributed by atoms with E-state index in [1.165, 1.54) is 6.07 Å². The third-order valence-corrected chi connectivity index (χ3v) is 3.77. The molecule has 6 heteroatoms. The Bertz CT molecular complexity index is 613. The van der Waals surface area contributed by atoms with Gasteiger partial charge in [-0.3, -0.25) is 0 Å². The zero-order valence-corrected chi connectivity index (χ0v) is 11.7. The Balaban J connectivity index is 1.49. The molecule has 0 amide bonds. The van der Waals surface area contributed by atoms with Gasteiger partial charge in [0.05, 0.1) is 12.8 Å². The molecule has 0 radical (unpaired) electrons. The van der Waals surface area contributed by atoms with Crippen molar-refractivity contribution in [1.82, 2.24) is 15.1 Å². The summed E-state index contributed by atoms with van der Waals surface area (Å²) < 4.78 is 15.5. The van der Waals surface area contributed by atoms with Crippen LogP contribution < -0.4 is 10.6 Å². The second-order valence-corrected chi connectivity index (χ2v) is 5.36. The summed E-state index contributed by atoms with van der Waals surface area (Å²) in [4.78, 5) is 0. The lowest BCUT2D eigenvalue weighted by atomic mass is 10.1. The molecule has 2 heterocycles. The Labute approximate surface area is 122 Å². The number of rotatable bonds is 5. The van der Waals surface area contributed by atoms with E-state index >= 15 is 0 Å². The van der Waals surface area contributed by atoms with Gasteiger partial charge in [0.1, 0.15) is 11.6 Å². The summed E-state index contributed by atoms with van der Waals surface area (Å²) in [5.41, 5.74) is 1.22. The highest BCUT2D eigenvalue weighted by molar-refractivity contribution is 5.35. The van der Waals surface area contributed by atoms with Gasteiger partial charge in [-0.25, -0.2) is 9.07 Å². The lowest BCUT2D eigenvalue weighted by molar-refractivity contribution is 0.275. The molecule has 1 unspecified atom stereocenters. The van der Waals surface area contributed by atoms with Crippen molar-refractivity contribution in [1.29, 1.82) is 0 Å². The van der Waals surface area contributed by atoms with Crippen molar-refractivity contribution in [2.24, 2.45) is 5.92 Å². The molecular formula is C15H19FN4O. The van der Waals surface area contributed by atoms with Crippen LogP contribution in [0.5, 0.6) is 0 Å². The molecule has 0 bridgehead atoms. The van der Waals surface area contributed by atoms with Gasteiger partial charge in [0, 0.05) is 43.7 Å². The van der Waals surface area contributed by atoms with Crippen LogP contribution in [0.25, 0.3) is 0 Å². The average molecular weight is 290 g/mol. The molecule has 1 aliphatic rings. The maximum absolute atomic E-state index is 13.6. The Morgan fingerprint density at radius 3 is 3.14 bits per heavy atom. The first-order valence-corrected chi connectivity index (χ1v) is 7.11. The minimum Gasteiger partial charge on any atom is -0.392 e. The average Bonchev–Trinajstić information content (AvgIpc) is 2.95. The maximum Gasteiger partial charge on any atom is 0.129 e. The van der Waals surface area contributed by atoms with Crippen LogP contribution >= 0.6 is 0 Å². The lowest BCUT2D eigenvalue weighted by Crippen LogP contribution is -2.35. The van der Waals surface area contributed by atoms with Gasteiger partial charge in [-0.2, -0.15) is 5.10 Å². The van der Waals surface area contributed by atoms with Gasteiger partial charge in [-0.05, 0) is 11.6 Å². The predicted molar refractivity (Wildman–Crippen MR) is 78.2 cm³/mol. The van der Waals surface area contributed by atoms with Crippen LogP contribution in [0.3, 0.4) is 0 Å². The van der Waals surface area contributed by atoms with E-state index in [2.05, 4.69) is 15.7 Å². The summed E-state index contributed by atoms with van der Waals surface area (Å²) >= 11 is 0. The molecule has 0 saturated heterocycles. The molecule has 1 atom stereocenters. The van der Waals surface area contributed by atoms with Crippen molar-refractivity contribution in [2.75, 3.05) is 18.4 Å². The Morgan fingerprint density at radius 2 is 2.33 bits per heavy atom. The first kappa shape index (κ1) is 14.0. The highest BCUT2D eigenvalue weighted by Gasteiger charge is 2.17. The molecule has 0 saturated carbocycles. The SMILES string of the molecule is OCc1ccc(CNCC2CNc3ccnn3C2)cc1F. The second kappa shape index (κ2) is 6.24. The van der Waals surface area contributed by atoms with E-state index in [9.17, 15) is 4.39 Å². The van der Waals surface area contributed by atoms with Crippen molar-refractivity contribution in [3.05, 3.63) is 47.4 Å². The molecule has 1 aromatic carbocycles. The fourth-order valence-corrected chi connectivity index (χ4v) is 2.57.